The lowest BCUT2D eigenvalue weighted by atomic mass is 10.1. The van der Waals surface area contributed by atoms with Crippen molar-refractivity contribution < 1.29 is 4.39 Å². The second-order valence-electron chi connectivity index (χ2n) is 3.30. The van der Waals surface area contributed by atoms with Crippen molar-refractivity contribution in [3.8, 4) is 0 Å². The van der Waals surface area contributed by atoms with E-state index in [1.54, 1.807) is 6.07 Å². The SMILES string of the molecule is CNCCCCc1cc(F)ccc1Cl. The fourth-order valence-corrected chi connectivity index (χ4v) is 1.56. The Morgan fingerprint density at radius 2 is 2.14 bits per heavy atom. The Labute approximate surface area is 89.3 Å². The van der Waals surface area contributed by atoms with E-state index in [0.717, 1.165) is 31.4 Å². The molecule has 0 heterocycles. The highest BCUT2D eigenvalue weighted by molar-refractivity contribution is 6.31. The molecule has 1 aromatic carbocycles. The Kier molecular flexibility index (Phi) is 4.91. The van der Waals surface area contributed by atoms with Gasteiger partial charge in [-0.15, -0.1) is 0 Å². The van der Waals surface area contributed by atoms with E-state index in [9.17, 15) is 4.39 Å². The Bertz CT molecular complexity index is 289. The summed E-state index contributed by atoms with van der Waals surface area (Å²) in [5.41, 5.74) is 0.905. The fraction of sp³-hybridized carbons (Fsp3) is 0.455. The minimum atomic E-state index is -0.210. The number of aryl methyl sites for hydroxylation is 1. The third kappa shape index (κ3) is 3.64. The molecule has 1 N–H and O–H groups in total. The molecule has 14 heavy (non-hydrogen) atoms. The molecule has 0 atom stereocenters. The average Bonchev–Trinajstić information content (AvgIpc) is 2.18. The minimum absolute atomic E-state index is 0.210. The predicted octanol–water partition coefficient (Wildman–Crippen LogP) is 3.02. The molecule has 1 nitrogen and oxygen atoms in total. The van der Waals surface area contributed by atoms with Gasteiger partial charge in [0.25, 0.3) is 0 Å². The second kappa shape index (κ2) is 5.99. The van der Waals surface area contributed by atoms with E-state index in [-0.39, 0.29) is 5.82 Å². The van der Waals surface area contributed by atoms with Crippen LogP contribution in [-0.2, 0) is 6.42 Å². The van der Waals surface area contributed by atoms with Gasteiger partial charge in [-0.2, -0.15) is 0 Å². The van der Waals surface area contributed by atoms with E-state index >= 15 is 0 Å². The summed E-state index contributed by atoms with van der Waals surface area (Å²) in [7, 11) is 1.93. The second-order valence-corrected chi connectivity index (χ2v) is 3.70. The molecule has 0 saturated heterocycles. The summed E-state index contributed by atoms with van der Waals surface area (Å²) in [6, 6.07) is 4.52. The van der Waals surface area contributed by atoms with Crippen molar-refractivity contribution in [2.75, 3.05) is 13.6 Å². The first kappa shape index (κ1) is 11.5. The van der Waals surface area contributed by atoms with E-state index < -0.39 is 0 Å². The van der Waals surface area contributed by atoms with Crippen LogP contribution in [0.3, 0.4) is 0 Å². The largest absolute Gasteiger partial charge is 0.320 e. The van der Waals surface area contributed by atoms with Gasteiger partial charge >= 0.3 is 0 Å². The lowest BCUT2D eigenvalue weighted by Gasteiger charge is -2.04. The highest BCUT2D eigenvalue weighted by Crippen LogP contribution is 2.18. The van der Waals surface area contributed by atoms with Crippen LogP contribution in [0.1, 0.15) is 18.4 Å². The first-order chi connectivity index (χ1) is 6.74. The monoisotopic (exact) mass is 215 g/mol. The molecule has 0 aliphatic heterocycles. The highest BCUT2D eigenvalue weighted by Gasteiger charge is 2.01. The van der Waals surface area contributed by atoms with Crippen molar-refractivity contribution >= 4 is 11.6 Å². The quantitative estimate of drug-likeness (QED) is 0.745. The summed E-state index contributed by atoms with van der Waals surface area (Å²) in [6.45, 7) is 0.993. The van der Waals surface area contributed by atoms with Crippen molar-refractivity contribution in [1.29, 1.82) is 0 Å². The molecule has 78 valence electrons. The third-order valence-electron chi connectivity index (χ3n) is 2.13. The Hall–Kier alpha value is -0.600. The van der Waals surface area contributed by atoms with Gasteiger partial charge in [0.05, 0.1) is 0 Å². The van der Waals surface area contributed by atoms with Crippen molar-refractivity contribution in [1.82, 2.24) is 5.32 Å². The summed E-state index contributed by atoms with van der Waals surface area (Å²) < 4.78 is 12.9. The van der Waals surface area contributed by atoms with Crippen LogP contribution < -0.4 is 5.32 Å². The first-order valence-corrected chi connectivity index (χ1v) is 5.20. The molecular weight excluding hydrogens is 201 g/mol. The van der Waals surface area contributed by atoms with Gasteiger partial charge in [0.2, 0.25) is 0 Å². The van der Waals surface area contributed by atoms with Crippen LogP contribution in [0.4, 0.5) is 4.39 Å². The van der Waals surface area contributed by atoms with E-state index in [4.69, 9.17) is 11.6 Å². The molecule has 0 aliphatic rings. The summed E-state index contributed by atoms with van der Waals surface area (Å²) in [6.07, 6.45) is 2.96. The van der Waals surface area contributed by atoms with Crippen LogP contribution >= 0.6 is 11.6 Å². The van der Waals surface area contributed by atoms with Crippen LogP contribution in [0.5, 0.6) is 0 Å². The number of hydrogen-bond donors (Lipinski definition) is 1. The molecule has 0 aliphatic carbocycles. The number of hydrogen-bond acceptors (Lipinski definition) is 1. The van der Waals surface area contributed by atoms with Gasteiger partial charge in [0.1, 0.15) is 5.82 Å². The van der Waals surface area contributed by atoms with Crippen LogP contribution in [0, 0.1) is 5.82 Å². The van der Waals surface area contributed by atoms with Gasteiger partial charge in [-0.25, -0.2) is 4.39 Å². The van der Waals surface area contributed by atoms with Crippen molar-refractivity contribution in [2.45, 2.75) is 19.3 Å². The molecule has 0 unspecified atom stereocenters. The molecule has 1 aromatic rings. The average molecular weight is 216 g/mol. The summed E-state index contributed by atoms with van der Waals surface area (Å²) >= 11 is 5.93. The topological polar surface area (TPSA) is 12.0 Å². The Balaban J connectivity index is 2.45. The molecule has 0 radical (unpaired) electrons. The maximum absolute atomic E-state index is 12.9. The predicted molar refractivity (Wildman–Crippen MR) is 58.3 cm³/mol. The first-order valence-electron chi connectivity index (χ1n) is 4.82. The van der Waals surface area contributed by atoms with E-state index in [1.165, 1.54) is 12.1 Å². The lowest BCUT2D eigenvalue weighted by Crippen LogP contribution is -2.07. The van der Waals surface area contributed by atoms with Crippen LogP contribution in [-0.4, -0.2) is 13.6 Å². The smallest absolute Gasteiger partial charge is 0.123 e. The molecule has 0 spiro atoms. The zero-order valence-corrected chi connectivity index (χ0v) is 9.07. The molecular formula is C11H15ClFN. The number of rotatable bonds is 5. The minimum Gasteiger partial charge on any atom is -0.320 e. The fourth-order valence-electron chi connectivity index (χ4n) is 1.35. The zero-order chi connectivity index (χ0) is 10.4. The molecule has 0 bridgehead atoms. The van der Waals surface area contributed by atoms with Crippen molar-refractivity contribution in [3.63, 3.8) is 0 Å². The van der Waals surface area contributed by atoms with Gasteiger partial charge in [-0.1, -0.05) is 11.6 Å². The molecule has 0 aromatic heterocycles. The number of benzene rings is 1. The summed E-state index contributed by atoms with van der Waals surface area (Å²) in [5, 5.41) is 3.74. The van der Waals surface area contributed by atoms with Crippen LogP contribution in [0.2, 0.25) is 5.02 Å². The number of nitrogens with one attached hydrogen (secondary N) is 1. The third-order valence-corrected chi connectivity index (χ3v) is 2.50. The molecule has 3 heteroatoms. The summed E-state index contributed by atoms with van der Waals surface area (Å²) in [5.74, 6) is -0.210. The zero-order valence-electron chi connectivity index (χ0n) is 8.32. The van der Waals surface area contributed by atoms with E-state index in [1.807, 2.05) is 7.05 Å². The van der Waals surface area contributed by atoms with Crippen LogP contribution in [0.15, 0.2) is 18.2 Å². The Morgan fingerprint density at radius 3 is 2.86 bits per heavy atom. The van der Waals surface area contributed by atoms with Gasteiger partial charge in [0.15, 0.2) is 0 Å². The van der Waals surface area contributed by atoms with Crippen LogP contribution in [0.25, 0.3) is 0 Å². The maximum Gasteiger partial charge on any atom is 0.123 e. The Morgan fingerprint density at radius 1 is 1.36 bits per heavy atom. The normalized spacial score (nSPS) is 10.5. The van der Waals surface area contributed by atoms with E-state index in [0.29, 0.717) is 5.02 Å². The highest BCUT2D eigenvalue weighted by atomic mass is 35.5. The van der Waals surface area contributed by atoms with E-state index in [2.05, 4.69) is 5.32 Å². The lowest BCUT2D eigenvalue weighted by molar-refractivity contribution is 0.622. The standard InChI is InChI=1S/C11H15ClFN/c1-14-7-3-2-4-9-8-10(13)5-6-11(9)12/h5-6,8,14H,2-4,7H2,1H3. The summed E-state index contributed by atoms with van der Waals surface area (Å²) in [4.78, 5) is 0. The molecule has 0 saturated carbocycles. The van der Waals surface area contributed by atoms with Crippen molar-refractivity contribution in [2.24, 2.45) is 0 Å². The van der Waals surface area contributed by atoms with Gasteiger partial charge in [-0.3, -0.25) is 0 Å². The van der Waals surface area contributed by atoms with Gasteiger partial charge in [0, 0.05) is 5.02 Å². The van der Waals surface area contributed by atoms with Crippen molar-refractivity contribution in [3.05, 3.63) is 34.6 Å². The molecule has 0 fully saturated rings. The number of halogens is 2. The molecule has 1 rings (SSSR count). The van der Waals surface area contributed by atoms with Gasteiger partial charge < -0.3 is 5.32 Å². The molecule has 0 amide bonds. The maximum atomic E-state index is 12.9. The number of unbranched alkanes of at least 4 members (excludes halogenated alkanes) is 1. The van der Waals surface area contributed by atoms with Gasteiger partial charge in [-0.05, 0) is 56.6 Å².